The second-order valence-corrected chi connectivity index (χ2v) is 9.62. The molecule has 1 aromatic carbocycles. The maximum Gasteiger partial charge on any atom is 0.0561 e. The summed E-state index contributed by atoms with van der Waals surface area (Å²) in [6.07, 6.45) is 9.59. The Morgan fingerprint density at radius 1 is 1.04 bits per heavy atom. The van der Waals surface area contributed by atoms with Crippen molar-refractivity contribution in [2.45, 2.75) is 64.0 Å². The second kappa shape index (κ2) is 6.09. The van der Waals surface area contributed by atoms with E-state index in [0.717, 1.165) is 0 Å². The topological polar surface area (TPSA) is 11.4 Å². The number of aromatic nitrogens is 1. The van der Waals surface area contributed by atoms with Crippen molar-refractivity contribution in [2.75, 3.05) is 32.7 Å². The predicted molar refractivity (Wildman–Crippen MR) is 111 cm³/mol. The van der Waals surface area contributed by atoms with E-state index in [1.54, 1.807) is 16.6 Å². The van der Waals surface area contributed by atoms with E-state index >= 15 is 0 Å². The normalized spacial score (nSPS) is 33.5. The summed E-state index contributed by atoms with van der Waals surface area (Å²) in [5.74, 6) is 0. The summed E-state index contributed by atoms with van der Waals surface area (Å²) in [7, 11) is 0. The van der Waals surface area contributed by atoms with Crippen LogP contribution in [-0.4, -0.2) is 47.1 Å². The van der Waals surface area contributed by atoms with Gasteiger partial charge in [0.15, 0.2) is 0 Å². The third kappa shape index (κ3) is 2.28. The molecule has 3 heteroatoms. The standard InChI is InChI=1S/C24H33N3/c1-2-24-11-7-14-26-15-10-20-19-8-3-4-9-21(19)27(22(20)23(24)26)18(16-24)17-25-12-5-6-13-25/h3-4,8-9,18,23H,2,5-7,10-17H2,1H3/t18?,23-,24+/m1/s1. The molecule has 3 atom stereocenters. The number of fused-ring (bicyclic) bond motifs is 3. The molecule has 27 heavy (non-hydrogen) atoms. The van der Waals surface area contributed by atoms with Gasteiger partial charge in [0.1, 0.15) is 0 Å². The maximum atomic E-state index is 2.86. The van der Waals surface area contributed by atoms with Gasteiger partial charge in [-0.15, -0.1) is 0 Å². The van der Waals surface area contributed by atoms with E-state index in [2.05, 4.69) is 45.6 Å². The number of benzene rings is 1. The summed E-state index contributed by atoms with van der Waals surface area (Å²) in [5, 5.41) is 1.55. The van der Waals surface area contributed by atoms with Crippen LogP contribution in [0.1, 0.15) is 68.8 Å². The van der Waals surface area contributed by atoms with Gasteiger partial charge in [0.2, 0.25) is 0 Å². The number of hydrogen-bond donors (Lipinski definition) is 0. The number of para-hydroxylation sites is 1. The molecule has 2 saturated heterocycles. The smallest absolute Gasteiger partial charge is 0.0561 e. The Balaban J connectivity index is 1.57. The average Bonchev–Trinajstić information content (AvgIpc) is 3.33. The van der Waals surface area contributed by atoms with Crippen LogP contribution in [0.4, 0.5) is 0 Å². The van der Waals surface area contributed by atoms with Gasteiger partial charge in [0.25, 0.3) is 0 Å². The molecule has 4 aliphatic heterocycles. The van der Waals surface area contributed by atoms with Gasteiger partial charge in [-0.05, 0) is 81.6 Å². The van der Waals surface area contributed by atoms with Crippen molar-refractivity contribution in [3.8, 4) is 0 Å². The van der Waals surface area contributed by atoms with Crippen LogP contribution in [-0.2, 0) is 6.42 Å². The number of piperidine rings is 1. The molecule has 5 heterocycles. The summed E-state index contributed by atoms with van der Waals surface area (Å²) in [6.45, 7) is 8.94. The lowest BCUT2D eigenvalue weighted by molar-refractivity contribution is -0.0388. The van der Waals surface area contributed by atoms with E-state index < -0.39 is 0 Å². The summed E-state index contributed by atoms with van der Waals surface area (Å²) < 4.78 is 2.83. The molecular weight excluding hydrogens is 330 g/mol. The van der Waals surface area contributed by atoms with E-state index in [1.165, 1.54) is 83.2 Å². The van der Waals surface area contributed by atoms with Gasteiger partial charge < -0.3 is 9.47 Å². The van der Waals surface area contributed by atoms with Gasteiger partial charge >= 0.3 is 0 Å². The molecule has 4 aliphatic rings. The Bertz CT molecular complexity index is 862. The van der Waals surface area contributed by atoms with Crippen LogP contribution >= 0.6 is 0 Å². The van der Waals surface area contributed by atoms with Crippen molar-refractivity contribution in [3.63, 3.8) is 0 Å². The highest BCUT2D eigenvalue weighted by Gasteiger charge is 2.53. The Labute approximate surface area is 163 Å². The van der Waals surface area contributed by atoms with Gasteiger partial charge in [-0.1, -0.05) is 25.1 Å². The van der Waals surface area contributed by atoms with Crippen LogP contribution in [0.15, 0.2) is 24.3 Å². The van der Waals surface area contributed by atoms with Gasteiger partial charge in [-0.3, -0.25) is 4.90 Å². The van der Waals surface area contributed by atoms with Crippen LogP contribution in [0, 0.1) is 5.41 Å². The Morgan fingerprint density at radius 3 is 2.74 bits per heavy atom. The lowest BCUT2D eigenvalue weighted by atomic mass is 9.63. The summed E-state index contributed by atoms with van der Waals surface area (Å²) in [5.41, 5.74) is 5.43. The first-order valence-corrected chi connectivity index (χ1v) is 11.4. The monoisotopic (exact) mass is 363 g/mol. The van der Waals surface area contributed by atoms with E-state index in [1.807, 2.05) is 0 Å². The fraction of sp³-hybridized carbons (Fsp3) is 0.667. The van der Waals surface area contributed by atoms with Gasteiger partial charge in [-0.2, -0.15) is 0 Å². The molecule has 6 rings (SSSR count). The molecule has 0 N–H and O–H groups in total. The summed E-state index contributed by atoms with van der Waals surface area (Å²) >= 11 is 0. The molecule has 0 aliphatic carbocycles. The minimum atomic E-state index is 0.502. The highest BCUT2D eigenvalue weighted by atomic mass is 15.3. The van der Waals surface area contributed by atoms with Gasteiger partial charge in [-0.25, -0.2) is 0 Å². The molecule has 3 nitrogen and oxygen atoms in total. The third-order valence-corrected chi connectivity index (χ3v) is 8.41. The first kappa shape index (κ1) is 16.6. The van der Waals surface area contributed by atoms with Gasteiger partial charge in [0.05, 0.1) is 6.04 Å². The quantitative estimate of drug-likeness (QED) is 0.778. The maximum absolute atomic E-state index is 2.86. The van der Waals surface area contributed by atoms with E-state index in [0.29, 0.717) is 17.5 Å². The molecule has 0 amide bonds. The molecule has 2 fully saturated rings. The molecule has 1 aromatic heterocycles. The number of hydrogen-bond acceptors (Lipinski definition) is 2. The zero-order chi connectivity index (χ0) is 18.0. The van der Waals surface area contributed by atoms with Gasteiger partial charge in [0, 0.05) is 35.7 Å². The molecular formula is C24H33N3. The van der Waals surface area contributed by atoms with Crippen molar-refractivity contribution in [2.24, 2.45) is 5.41 Å². The van der Waals surface area contributed by atoms with Crippen molar-refractivity contribution < 1.29 is 0 Å². The number of rotatable bonds is 3. The van der Waals surface area contributed by atoms with Crippen molar-refractivity contribution >= 4 is 10.9 Å². The zero-order valence-electron chi connectivity index (χ0n) is 16.8. The fourth-order valence-corrected chi connectivity index (χ4v) is 7.25. The second-order valence-electron chi connectivity index (χ2n) is 9.62. The van der Waals surface area contributed by atoms with Crippen LogP contribution in [0.3, 0.4) is 0 Å². The predicted octanol–water partition coefficient (Wildman–Crippen LogP) is 4.77. The van der Waals surface area contributed by atoms with Crippen molar-refractivity contribution in [3.05, 3.63) is 35.5 Å². The summed E-state index contributed by atoms with van der Waals surface area (Å²) in [6, 6.07) is 10.6. The highest BCUT2D eigenvalue weighted by molar-refractivity contribution is 5.86. The Hall–Kier alpha value is -1.32. The van der Waals surface area contributed by atoms with Crippen LogP contribution in [0.2, 0.25) is 0 Å². The van der Waals surface area contributed by atoms with Crippen LogP contribution in [0.5, 0.6) is 0 Å². The van der Waals surface area contributed by atoms with E-state index in [4.69, 9.17) is 0 Å². The zero-order valence-corrected chi connectivity index (χ0v) is 16.8. The minimum absolute atomic E-state index is 0.502. The van der Waals surface area contributed by atoms with Crippen LogP contribution in [0.25, 0.3) is 10.9 Å². The average molecular weight is 364 g/mol. The highest BCUT2D eigenvalue weighted by Crippen LogP contribution is 2.59. The lowest BCUT2D eigenvalue weighted by Gasteiger charge is -2.57. The van der Waals surface area contributed by atoms with E-state index in [-0.39, 0.29) is 0 Å². The molecule has 0 radical (unpaired) electrons. The molecule has 144 valence electrons. The summed E-state index contributed by atoms with van der Waals surface area (Å²) in [4.78, 5) is 5.61. The molecule has 0 saturated carbocycles. The number of likely N-dealkylation sites (tertiary alicyclic amines) is 1. The third-order valence-electron chi connectivity index (χ3n) is 8.41. The van der Waals surface area contributed by atoms with Crippen molar-refractivity contribution in [1.29, 1.82) is 0 Å². The molecule has 0 spiro atoms. The van der Waals surface area contributed by atoms with E-state index in [9.17, 15) is 0 Å². The largest absolute Gasteiger partial charge is 0.338 e. The lowest BCUT2D eigenvalue weighted by Crippen LogP contribution is -2.54. The first-order valence-electron chi connectivity index (χ1n) is 11.4. The molecule has 1 unspecified atom stereocenters. The molecule has 2 aromatic rings. The fourth-order valence-electron chi connectivity index (χ4n) is 7.25. The van der Waals surface area contributed by atoms with Crippen LogP contribution < -0.4 is 0 Å². The van der Waals surface area contributed by atoms with Crippen molar-refractivity contribution in [1.82, 2.24) is 14.4 Å². The SMILES string of the molecule is CC[C@]12CCCN3CCc4c(n(c5ccccc45)C(CN4CCCC4)C1)[C@@H]32. The first-order chi connectivity index (χ1) is 13.3. The molecule has 0 bridgehead atoms. The number of nitrogens with zero attached hydrogens (tertiary/aromatic N) is 3. The Morgan fingerprint density at radius 2 is 1.89 bits per heavy atom. The Kier molecular flexibility index (Phi) is 3.75. The minimum Gasteiger partial charge on any atom is -0.338 e.